The van der Waals surface area contributed by atoms with Crippen LogP contribution in [0.2, 0.25) is 0 Å². The molecule has 0 saturated carbocycles. The quantitative estimate of drug-likeness (QED) is 0.924. The van der Waals surface area contributed by atoms with Crippen molar-refractivity contribution in [2.24, 2.45) is 0 Å². The van der Waals surface area contributed by atoms with E-state index in [4.69, 9.17) is 10.2 Å². The van der Waals surface area contributed by atoms with Crippen LogP contribution in [-0.4, -0.2) is 36.1 Å². The third-order valence-corrected chi connectivity index (χ3v) is 3.84. The maximum absolute atomic E-state index is 9.12. The van der Waals surface area contributed by atoms with E-state index in [-0.39, 0.29) is 6.04 Å². The Bertz CT molecular complexity index is 626. The Hall–Kier alpha value is -1.96. The molecule has 2 heterocycles. The van der Waals surface area contributed by atoms with E-state index in [2.05, 4.69) is 34.5 Å². The van der Waals surface area contributed by atoms with Crippen LogP contribution in [0.3, 0.4) is 0 Å². The summed E-state index contributed by atoms with van der Waals surface area (Å²) in [7, 11) is 0. The summed E-state index contributed by atoms with van der Waals surface area (Å²) in [6.45, 7) is 3.91. The fraction of sp³-hybridized carbons (Fsp3) is 0.375. The molecule has 0 unspecified atom stereocenters. The number of pyridine rings is 1. The number of benzene rings is 1. The summed E-state index contributed by atoms with van der Waals surface area (Å²) >= 11 is 0. The van der Waals surface area contributed by atoms with Gasteiger partial charge in [0.2, 0.25) is 0 Å². The fourth-order valence-corrected chi connectivity index (χ4v) is 2.77. The molecular formula is C16H18N4. The first-order chi connectivity index (χ1) is 9.88. The van der Waals surface area contributed by atoms with Gasteiger partial charge in [-0.2, -0.15) is 5.26 Å². The zero-order valence-electron chi connectivity index (χ0n) is 11.4. The lowest BCUT2D eigenvalue weighted by Crippen LogP contribution is -2.45. The van der Waals surface area contributed by atoms with Gasteiger partial charge in [-0.05, 0) is 12.1 Å². The second kappa shape index (κ2) is 6.00. The van der Waals surface area contributed by atoms with Gasteiger partial charge in [-0.25, -0.2) is 0 Å². The highest BCUT2D eigenvalue weighted by atomic mass is 15.2. The molecule has 0 amide bonds. The number of nitrogens with one attached hydrogen (secondary N) is 1. The van der Waals surface area contributed by atoms with Crippen molar-refractivity contribution < 1.29 is 0 Å². The van der Waals surface area contributed by atoms with Gasteiger partial charge in [0.25, 0.3) is 0 Å². The minimum Gasteiger partial charge on any atom is -0.314 e. The molecule has 102 valence electrons. The van der Waals surface area contributed by atoms with Crippen LogP contribution in [0.15, 0.2) is 36.4 Å². The summed E-state index contributed by atoms with van der Waals surface area (Å²) in [5.74, 6) is 0. The molecular weight excluding hydrogens is 248 g/mol. The van der Waals surface area contributed by atoms with Gasteiger partial charge in [0.05, 0.1) is 29.7 Å². The SMILES string of the molecule is N#CC[C@H](c1ccc2ccccc2n1)N1CCNCC1. The van der Waals surface area contributed by atoms with Crippen LogP contribution < -0.4 is 5.32 Å². The molecule has 1 saturated heterocycles. The monoisotopic (exact) mass is 266 g/mol. The van der Waals surface area contributed by atoms with Gasteiger partial charge in [-0.15, -0.1) is 0 Å². The largest absolute Gasteiger partial charge is 0.314 e. The van der Waals surface area contributed by atoms with Crippen molar-refractivity contribution in [2.75, 3.05) is 26.2 Å². The zero-order chi connectivity index (χ0) is 13.8. The first-order valence-corrected chi connectivity index (χ1v) is 7.06. The summed E-state index contributed by atoms with van der Waals surface area (Å²) in [5, 5.41) is 13.6. The second-order valence-electron chi connectivity index (χ2n) is 5.09. The molecule has 3 rings (SSSR count). The molecule has 2 aromatic rings. The Morgan fingerprint density at radius 1 is 1.20 bits per heavy atom. The second-order valence-corrected chi connectivity index (χ2v) is 5.09. The number of fused-ring (bicyclic) bond motifs is 1. The number of para-hydroxylation sites is 1. The van der Waals surface area contributed by atoms with E-state index < -0.39 is 0 Å². The molecule has 1 aromatic carbocycles. The van der Waals surface area contributed by atoms with E-state index in [1.54, 1.807) is 0 Å². The van der Waals surface area contributed by atoms with Gasteiger partial charge >= 0.3 is 0 Å². The topological polar surface area (TPSA) is 52.0 Å². The minimum absolute atomic E-state index is 0.103. The first-order valence-electron chi connectivity index (χ1n) is 7.06. The molecule has 0 aliphatic carbocycles. The molecule has 4 nitrogen and oxygen atoms in total. The molecule has 0 radical (unpaired) electrons. The van der Waals surface area contributed by atoms with Crippen molar-refractivity contribution in [3.05, 3.63) is 42.1 Å². The predicted molar refractivity (Wildman–Crippen MR) is 79.2 cm³/mol. The van der Waals surface area contributed by atoms with Crippen LogP contribution in [0, 0.1) is 11.3 Å². The van der Waals surface area contributed by atoms with Crippen molar-refractivity contribution in [2.45, 2.75) is 12.5 Å². The molecule has 1 aliphatic heterocycles. The third kappa shape index (κ3) is 2.64. The van der Waals surface area contributed by atoms with Crippen LogP contribution in [-0.2, 0) is 0 Å². The predicted octanol–water partition coefficient (Wildman–Crippen LogP) is 2.09. The lowest BCUT2D eigenvalue weighted by Gasteiger charge is -2.33. The molecule has 1 N–H and O–H groups in total. The molecule has 1 fully saturated rings. The molecule has 4 heteroatoms. The molecule has 20 heavy (non-hydrogen) atoms. The number of nitrogens with zero attached hydrogens (tertiary/aromatic N) is 3. The average Bonchev–Trinajstić information content (AvgIpc) is 2.53. The number of hydrogen-bond donors (Lipinski definition) is 1. The molecule has 1 atom stereocenters. The van der Waals surface area contributed by atoms with Crippen LogP contribution in [0.25, 0.3) is 10.9 Å². The highest BCUT2D eigenvalue weighted by Gasteiger charge is 2.23. The number of rotatable bonds is 3. The van der Waals surface area contributed by atoms with Crippen molar-refractivity contribution in [1.29, 1.82) is 5.26 Å². The average molecular weight is 266 g/mol. The number of hydrogen-bond acceptors (Lipinski definition) is 4. The Labute approximate surface area is 119 Å². The van der Waals surface area contributed by atoms with E-state index in [1.807, 2.05) is 18.2 Å². The first kappa shape index (κ1) is 13.0. The zero-order valence-corrected chi connectivity index (χ0v) is 11.4. The summed E-state index contributed by atoms with van der Waals surface area (Å²) in [4.78, 5) is 7.11. The Morgan fingerprint density at radius 2 is 2.00 bits per heavy atom. The Morgan fingerprint density at radius 3 is 2.80 bits per heavy atom. The lowest BCUT2D eigenvalue weighted by atomic mass is 10.1. The molecule has 1 aliphatic rings. The van der Waals surface area contributed by atoms with Crippen molar-refractivity contribution >= 4 is 10.9 Å². The summed E-state index contributed by atoms with van der Waals surface area (Å²) in [6, 6.07) is 14.7. The van der Waals surface area contributed by atoms with E-state index in [9.17, 15) is 0 Å². The van der Waals surface area contributed by atoms with Gasteiger partial charge in [0.1, 0.15) is 0 Å². The highest BCUT2D eigenvalue weighted by molar-refractivity contribution is 5.78. The van der Waals surface area contributed by atoms with Gasteiger partial charge < -0.3 is 5.32 Å². The van der Waals surface area contributed by atoms with Crippen molar-refractivity contribution in [3.63, 3.8) is 0 Å². The van der Waals surface area contributed by atoms with E-state index in [0.717, 1.165) is 42.8 Å². The highest BCUT2D eigenvalue weighted by Crippen LogP contribution is 2.24. The van der Waals surface area contributed by atoms with Gasteiger partial charge in [0.15, 0.2) is 0 Å². The van der Waals surface area contributed by atoms with Gasteiger partial charge in [0, 0.05) is 31.6 Å². The van der Waals surface area contributed by atoms with E-state index in [1.165, 1.54) is 0 Å². The number of nitriles is 1. The minimum atomic E-state index is 0.103. The number of aromatic nitrogens is 1. The standard InChI is InChI=1S/C16H18N4/c17-8-7-16(20-11-9-18-10-12-20)15-6-5-13-3-1-2-4-14(13)19-15/h1-6,16,18H,7,9-12H2/t16-/m1/s1. The maximum atomic E-state index is 9.12. The van der Waals surface area contributed by atoms with E-state index >= 15 is 0 Å². The van der Waals surface area contributed by atoms with Crippen LogP contribution in [0.5, 0.6) is 0 Å². The molecule has 0 bridgehead atoms. The Kier molecular flexibility index (Phi) is 3.91. The van der Waals surface area contributed by atoms with Gasteiger partial charge in [-0.3, -0.25) is 9.88 Å². The normalized spacial score (nSPS) is 17.8. The third-order valence-electron chi connectivity index (χ3n) is 3.84. The van der Waals surface area contributed by atoms with Crippen LogP contribution in [0.1, 0.15) is 18.2 Å². The maximum Gasteiger partial charge on any atom is 0.0706 e. The van der Waals surface area contributed by atoms with E-state index in [0.29, 0.717) is 6.42 Å². The fourth-order valence-electron chi connectivity index (χ4n) is 2.77. The molecule has 0 spiro atoms. The number of piperazine rings is 1. The smallest absolute Gasteiger partial charge is 0.0706 e. The summed E-state index contributed by atoms with van der Waals surface area (Å²) in [6.07, 6.45) is 0.491. The van der Waals surface area contributed by atoms with Gasteiger partial charge in [-0.1, -0.05) is 24.3 Å². The van der Waals surface area contributed by atoms with Crippen molar-refractivity contribution in [1.82, 2.24) is 15.2 Å². The summed E-state index contributed by atoms with van der Waals surface area (Å²) in [5.41, 5.74) is 2.01. The van der Waals surface area contributed by atoms with Crippen LogP contribution >= 0.6 is 0 Å². The molecule has 1 aromatic heterocycles. The van der Waals surface area contributed by atoms with Crippen molar-refractivity contribution in [3.8, 4) is 6.07 Å². The van der Waals surface area contributed by atoms with Crippen LogP contribution in [0.4, 0.5) is 0 Å². The summed E-state index contributed by atoms with van der Waals surface area (Å²) < 4.78 is 0. The lowest BCUT2D eigenvalue weighted by molar-refractivity contribution is 0.173. The Balaban J connectivity index is 1.93.